The number of nitrogens with zero attached hydrogens (tertiary/aromatic N) is 2. The normalized spacial score (nSPS) is 18.9. The molecule has 1 atom stereocenters. The lowest BCUT2D eigenvalue weighted by Crippen LogP contribution is -2.28. The molecule has 2 aromatic rings. The van der Waals surface area contributed by atoms with E-state index in [0.29, 0.717) is 22.1 Å². The fourth-order valence-corrected chi connectivity index (χ4v) is 5.11. The number of aryl methyl sites for hydroxylation is 1. The Bertz CT molecular complexity index is 945. The van der Waals surface area contributed by atoms with Crippen molar-refractivity contribution < 1.29 is 9.59 Å². The molecule has 2 heterocycles. The van der Waals surface area contributed by atoms with Gasteiger partial charge in [-0.25, -0.2) is 0 Å². The van der Waals surface area contributed by atoms with Crippen LogP contribution in [0.5, 0.6) is 0 Å². The van der Waals surface area contributed by atoms with E-state index in [9.17, 15) is 14.9 Å². The van der Waals surface area contributed by atoms with Crippen LogP contribution in [0, 0.1) is 17.2 Å². The zero-order chi connectivity index (χ0) is 19.0. The quantitative estimate of drug-likeness (QED) is 0.842. The SMILES string of the molecule is N#Cc1c(NC(=O)C2CC(=O)N(c3ccc(Cl)cc3)C2)sc2c1CCCC2. The Morgan fingerprint density at radius 3 is 2.74 bits per heavy atom. The number of halogens is 1. The van der Waals surface area contributed by atoms with Gasteiger partial charge >= 0.3 is 0 Å². The van der Waals surface area contributed by atoms with Gasteiger partial charge in [-0.3, -0.25) is 9.59 Å². The molecule has 1 N–H and O–H groups in total. The summed E-state index contributed by atoms with van der Waals surface area (Å²) in [6, 6.07) is 9.27. The molecule has 4 rings (SSSR count). The molecule has 0 spiro atoms. The number of benzene rings is 1. The average Bonchev–Trinajstić information content (AvgIpc) is 3.22. The molecule has 1 aromatic carbocycles. The van der Waals surface area contributed by atoms with Gasteiger partial charge in [0, 0.05) is 28.6 Å². The molecule has 7 heteroatoms. The lowest BCUT2D eigenvalue weighted by Gasteiger charge is -2.16. The van der Waals surface area contributed by atoms with Crippen molar-refractivity contribution in [3.8, 4) is 6.07 Å². The number of thiophene rings is 1. The molecule has 0 bridgehead atoms. The van der Waals surface area contributed by atoms with Gasteiger partial charge in [0.1, 0.15) is 11.1 Å². The van der Waals surface area contributed by atoms with Crippen molar-refractivity contribution >= 4 is 45.4 Å². The first-order chi connectivity index (χ1) is 13.1. The van der Waals surface area contributed by atoms with E-state index in [2.05, 4.69) is 11.4 Å². The predicted molar refractivity (Wildman–Crippen MR) is 106 cm³/mol. The number of hydrogen-bond acceptors (Lipinski definition) is 4. The highest BCUT2D eigenvalue weighted by Gasteiger charge is 2.36. The molecule has 1 unspecified atom stereocenters. The minimum Gasteiger partial charge on any atom is -0.316 e. The molecule has 2 amide bonds. The highest BCUT2D eigenvalue weighted by atomic mass is 35.5. The molecule has 0 radical (unpaired) electrons. The van der Waals surface area contributed by atoms with Crippen LogP contribution in [0.25, 0.3) is 0 Å². The molecular weight excluding hydrogens is 382 g/mol. The van der Waals surface area contributed by atoms with Crippen molar-refractivity contribution in [1.29, 1.82) is 5.26 Å². The van der Waals surface area contributed by atoms with Crippen LogP contribution >= 0.6 is 22.9 Å². The highest BCUT2D eigenvalue weighted by Crippen LogP contribution is 2.38. The second-order valence-corrected chi connectivity index (χ2v) is 8.44. The summed E-state index contributed by atoms with van der Waals surface area (Å²) in [4.78, 5) is 28.0. The lowest BCUT2D eigenvalue weighted by atomic mass is 9.96. The van der Waals surface area contributed by atoms with E-state index >= 15 is 0 Å². The molecule has 27 heavy (non-hydrogen) atoms. The third kappa shape index (κ3) is 3.45. The number of fused-ring (bicyclic) bond motifs is 1. The number of hydrogen-bond donors (Lipinski definition) is 1. The van der Waals surface area contributed by atoms with Gasteiger partial charge in [-0.05, 0) is 55.5 Å². The van der Waals surface area contributed by atoms with E-state index in [1.165, 1.54) is 16.2 Å². The maximum Gasteiger partial charge on any atom is 0.230 e. The van der Waals surface area contributed by atoms with Gasteiger partial charge in [0.15, 0.2) is 0 Å². The molecule has 2 aliphatic rings. The van der Waals surface area contributed by atoms with Crippen LogP contribution in [-0.2, 0) is 22.4 Å². The van der Waals surface area contributed by atoms with Crippen LogP contribution in [0.4, 0.5) is 10.7 Å². The average molecular weight is 400 g/mol. The Kier molecular flexibility index (Phi) is 4.90. The molecule has 0 saturated carbocycles. The summed E-state index contributed by atoms with van der Waals surface area (Å²) >= 11 is 7.41. The minimum atomic E-state index is -0.432. The molecule has 1 aromatic heterocycles. The van der Waals surface area contributed by atoms with Crippen molar-refractivity contribution in [2.45, 2.75) is 32.1 Å². The van der Waals surface area contributed by atoms with E-state index in [0.717, 1.165) is 36.9 Å². The second kappa shape index (κ2) is 7.34. The summed E-state index contributed by atoms with van der Waals surface area (Å²) in [5.41, 5.74) is 2.43. The van der Waals surface area contributed by atoms with E-state index in [1.807, 2.05) is 0 Å². The molecule has 138 valence electrons. The first kappa shape index (κ1) is 18.0. The summed E-state index contributed by atoms with van der Waals surface area (Å²) in [5.74, 6) is -0.711. The summed E-state index contributed by atoms with van der Waals surface area (Å²) in [6.07, 6.45) is 4.24. The van der Waals surface area contributed by atoms with Crippen molar-refractivity contribution in [3.05, 3.63) is 45.3 Å². The fourth-order valence-electron chi connectivity index (χ4n) is 3.74. The molecule has 1 saturated heterocycles. The molecule has 5 nitrogen and oxygen atoms in total. The summed E-state index contributed by atoms with van der Waals surface area (Å²) < 4.78 is 0. The van der Waals surface area contributed by atoms with Crippen LogP contribution in [0.1, 0.15) is 35.3 Å². The van der Waals surface area contributed by atoms with Crippen molar-refractivity contribution in [2.75, 3.05) is 16.8 Å². The largest absolute Gasteiger partial charge is 0.316 e. The summed E-state index contributed by atoms with van der Waals surface area (Å²) in [5, 5.41) is 13.7. The van der Waals surface area contributed by atoms with E-state index in [1.54, 1.807) is 29.2 Å². The smallest absolute Gasteiger partial charge is 0.230 e. The topological polar surface area (TPSA) is 73.2 Å². The number of rotatable bonds is 3. The van der Waals surface area contributed by atoms with Crippen LogP contribution < -0.4 is 10.2 Å². The van der Waals surface area contributed by atoms with Gasteiger partial charge in [-0.1, -0.05) is 11.6 Å². The van der Waals surface area contributed by atoms with Crippen molar-refractivity contribution in [3.63, 3.8) is 0 Å². The molecular formula is C20H18ClN3O2S. The number of nitrogens with one attached hydrogen (secondary N) is 1. The third-order valence-electron chi connectivity index (χ3n) is 5.15. The minimum absolute atomic E-state index is 0.0801. The number of carbonyl (C=O) groups is 2. The van der Waals surface area contributed by atoms with Crippen LogP contribution in [-0.4, -0.2) is 18.4 Å². The van der Waals surface area contributed by atoms with E-state index in [-0.39, 0.29) is 18.2 Å². The number of carbonyl (C=O) groups excluding carboxylic acids is 2. The van der Waals surface area contributed by atoms with Gasteiger partial charge < -0.3 is 10.2 Å². The van der Waals surface area contributed by atoms with Gasteiger partial charge in [-0.2, -0.15) is 5.26 Å². The Hall–Kier alpha value is -2.36. The van der Waals surface area contributed by atoms with Crippen LogP contribution in [0.3, 0.4) is 0 Å². The van der Waals surface area contributed by atoms with Crippen LogP contribution in [0.15, 0.2) is 24.3 Å². The maximum atomic E-state index is 12.8. The third-order valence-corrected chi connectivity index (χ3v) is 6.61. The molecule has 1 aliphatic carbocycles. The highest BCUT2D eigenvalue weighted by molar-refractivity contribution is 7.16. The maximum absolute atomic E-state index is 12.8. The van der Waals surface area contributed by atoms with Crippen molar-refractivity contribution in [2.24, 2.45) is 5.92 Å². The zero-order valence-corrected chi connectivity index (χ0v) is 16.2. The Morgan fingerprint density at radius 1 is 1.26 bits per heavy atom. The Labute approximate surface area is 166 Å². The Morgan fingerprint density at radius 2 is 2.00 bits per heavy atom. The predicted octanol–water partition coefficient (Wildman–Crippen LogP) is 4.14. The van der Waals surface area contributed by atoms with Gasteiger partial charge in [0.25, 0.3) is 0 Å². The Balaban J connectivity index is 1.50. The summed E-state index contributed by atoms with van der Waals surface area (Å²) in [7, 11) is 0. The number of anilines is 2. The van der Waals surface area contributed by atoms with Gasteiger partial charge in [0.2, 0.25) is 11.8 Å². The first-order valence-corrected chi connectivity index (χ1v) is 10.2. The molecule has 1 fully saturated rings. The molecule has 1 aliphatic heterocycles. The lowest BCUT2D eigenvalue weighted by molar-refractivity contribution is -0.122. The standard InChI is InChI=1S/C20H18ClN3O2S/c21-13-5-7-14(8-6-13)24-11-12(9-18(24)25)19(26)23-20-16(10-22)15-3-1-2-4-17(15)27-20/h5-8,12H,1-4,9,11H2,(H,23,26). The number of amides is 2. The summed E-state index contributed by atoms with van der Waals surface area (Å²) in [6.45, 7) is 0.333. The van der Waals surface area contributed by atoms with E-state index < -0.39 is 5.92 Å². The second-order valence-electron chi connectivity index (χ2n) is 6.90. The van der Waals surface area contributed by atoms with Gasteiger partial charge in [0.05, 0.1) is 11.5 Å². The van der Waals surface area contributed by atoms with Crippen LogP contribution in [0.2, 0.25) is 5.02 Å². The first-order valence-electron chi connectivity index (χ1n) is 8.98. The van der Waals surface area contributed by atoms with E-state index in [4.69, 9.17) is 11.6 Å². The monoisotopic (exact) mass is 399 g/mol. The fraction of sp³-hybridized carbons (Fsp3) is 0.350. The number of nitriles is 1. The van der Waals surface area contributed by atoms with Gasteiger partial charge in [-0.15, -0.1) is 11.3 Å². The zero-order valence-electron chi connectivity index (χ0n) is 14.6. The van der Waals surface area contributed by atoms with Crippen molar-refractivity contribution in [1.82, 2.24) is 0 Å².